The number of aromatic nitrogens is 2. The molecule has 2 aliphatic rings. The van der Waals surface area contributed by atoms with Crippen LogP contribution in [0.15, 0.2) is 47.7 Å². The molecule has 6 heteroatoms. The van der Waals surface area contributed by atoms with Crippen LogP contribution in [0.2, 0.25) is 5.82 Å². The lowest BCUT2D eigenvalue weighted by Gasteiger charge is -2.32. The summed E-state index contributed by atoms with van der Waals surface area (Å²) in [5.41, 5.74) is 1.24. The summed E-state index contributed by atoms with van der Waals surface area (Å²) in [6.45, 7) is 8.28. The number of hydrogen-bond acceptors (Lipinski definition) is 4. The Balaban J connectivity index is 1.52. The molecule has 2 atom stereocenters. The van der Waals surface area contributed by atoms with E-state index in [1.165, 1.54) is 0 Å². The molecule has 1 saturated carbocycles. The molecule has 2 aromatic rings. The number of pyridine rings is 2. The third kappa shape index (κ3) is 2.83. The lowest BCUT2D eigenvalue weighted by atomic mass is 9.80. The Kier molecular flexibility index (Phi) is 3.67. The molecular formula is C19H23BN2O3. The molecule has 1 saturated heterocycles. The minimum Gasteiger partial charge on any atom is -0.403 e. The smallest absolute Gasteiger partial charge is 0.403 e. The fraction of sp³-hybridized carbons (Fsp3) is 0.474. The minimum absolute atomic E-state index is 0.0248. The van der Waals surface area contributed by atoms with Crippen LogP contribution >= 0.6 is 0 Å². The minimum atomic E-state index is -0.310. The van der Waals surface area contributed by atoms with Crippen LogP contribution in [0.3, 0.4) is 0 Å². The molecule has 0 unspecified atom stereocenters. The maximum absolute atomic E-state index is 12.5. The van der Waals surface area contributed by atoms with Crippen LogP contribution in [-0.4, -0.2) is 27.9 Å². The normalized spacial score (nSPS) is 26.6. The van der Waals surface area contributed by atoms with Crippen molar-refractivity contribution in [3.8, 4) is 5.69 Å². The van der Waals surface area contributed by atoms with E-state index in [-0.39, 0.29) is 23.9 Å². The Morgan fingerprint density at radius 2 is 1.76 bits per heavy atom. The van der Waals surface area contributed by atoms with Gasteiger partial charge < -0.3 is 9.31 Å². The number of rotatable bonds is 3. The summed E-state index contributed by atoms with van der Waals surface area (Å²) >= 11 is 0. The molecule has 4 rings (SSSR count). The summed E-state index contributed by atoms with van der Waals surface area (Å²) in [6, 6.07) is 7.41. The summed E-state index contributed by atoms with van der Waals surface area (Å²) in [7, 11) is -0.197. The van der Waals surface area contributed by atoms with Crippen molar-refractivity contribution < 1.29 is 9.31 Å². The molecule has 1 aliphatic carbocycles. The monoisotopic (exact) mass is 338 g/mol. The highest BCUT2D eigenvalue weighted by Crippen LogP contribution is 2.58. The second-order valence-corrected chi connectivity index (χ2v) is 8.00. The van der Waals surface area contributed by atoms with Crippen LogP contribution in [-0.2, 0) is 9.31 Å². The third-order valence-corrected chi connectivity index (χ3v) is 5.77. The predicted molar refractivity (Wildman–Crippen MR) is 97.0 cm³/mol. The summed E-state index contributed by atoms with van der Waals surface area (Å²) in [5, 5.41) is 0. The summed E-state index contributed by atoms with van der Waals surface area (Å²) in [5.74, 6) is 0.645. The Labute approximate surface area is 148 Å². The summed E-state index contributed by atoms with van der Waals surface area (Å²) in [4.78, 5) is 16.5. The lowest BCUT2D eigenvalue weighted by molar-refractivity contribution is 0.00578. The average Bonchev–Trinajstić information content (AvgIpc) is 3.31. The van der Waals surface area contributed by atoms with E-state index >= 15 is 0 Å². The lowest BCUT2D eigenvalue weighted by Crippen LogP contribution is -2.41. The third-order valence-electron chi connectivity index (χ3n) is 5.77. The van der Waals surface area contributed by atoms with Gasteiger partial charge in [0.1, 0.15) is 0 Å². The Bertz CT molecular complexity index is 831. The molecular weight excluding hydrogens is 315 g/mol. The van der Waals surface area contributed by atoms with Crippen molar-refractivity contribution in [3.05, 3.63) is 58.8 Å². The zero-order valence-electron chi connectivity index (χ0n) is 15.1. The van der Waals surface area contributed by atoms with Crippen molar-refractivity contribution in [3.63, 3.8) is 0 Å². The van der Waals surface area contributed by atoms with Gasteiger partial charge in [0.05, 0.1) is 16.9 Å². The van der Waals surface area contributed by atoms with Gasteiger partial charge in [-0.3, -0.25) is 14.3 Å². The van der Waals surface area contributed by atoms with Gasteiger partial charge in [-0.05, 0) is 63.8 Å². The second kappa shape index (κ2) is 5.54. The topological polar surface area (TPSA) is 53.4 Å². The molecule has 0 N–H and O–H groups in total. The quantitative estimate of drug-likeness (QED) is 0.807. The van der Waals surface area contributed by atoms with Gasteiger partial charge in [-0.25, -0.2) is 0 Å². The van der Waals surface area contributed by atoms with Crippen LogP contribution < -0.4 is 5.56 Å². The predicted octanol–water partition coefficient (Wildman–Crippen LogP) is 3.18. The fourth-order valence-electron chi connectivity index (χ4n) is 3.41. The maximum Gasteiger partial charge on any atom is 0.461 e. The standard InChI is InChI=1S/C19H23BN2O3/c1-18(2)19(3,4)25-20(24-18)16-12-15(16)13-7-10-22(17(23)11-13)14-5-8-21-9-6-14/h5-11,15-16H,12H2,1-4H3/t15-,16+/m1/s1. The van der Waals surface area contributed by atoms with Crippen molar-refractivity contribution in [1.29, 1.82) is 0 Å². The highest BCUT2D eigenvalue weighted by Gasteiger charge is 2.59. The fourth-order valence-corrected chi connectivity index (χ4v) is 3.41. The molecule has 3 heterocycles. The number of hydrogen-bond donors (Lipinski definition) is 0. The van der Waals surface area contributed by atoms with E-state index in [1.807, 2.05) is 24.4 Å². The van der Waals surface area contributed by atoms with Gasteiger partial charge in [-0.1, -0.05) is 0 Å². The van der Waals surface area contributed by atoms with Gasteiger partial charge in [0.2, 0.25) is 0 Å². The van der Waals surface area contributed by atoms with Crippen molar-refractivity contribution in [1.82, 2.24) is 9.55 Å². The van der Waals surface area contributed by atoms with E-state index in [1.54, 1.807) is 23.0 Å². The molecule has 2 aromatic heterocycles. The van der Waals surface area contributed by atoms with Crippen LogP contribution in [0, 0.1) is 0 Å². The molecule has 0 radical (unpaired) electrons. The molecule has 130 valence electrons. The Hall–Kier alpha value is -1.92. The maximum atomic E-state index is 12.5. The van der Waals surface area contributed by atoms with Crippen LogP contribution in [0.25, 0.3) is 5.69 Å². The van der Waals surface area contributed by atoms with E-state index in [0.29, 0.717) is 11.7 Å². The first-order valence-electron chi connectivity index (χ1n) is 8.77. The van der Waals surface area contributed by atoms with Gasteiger partial charge in [0, 0.05) is 30.5 Å². The number of nitrogens with zero attached hydrogens (tertiary/aromatic N) is 2. The van der Waals surface area contributed by atoms with E-state index in [2.05, 4.69) is 32.7 Å². The zero-order chi connectivity index (χ0) is 17.8. The molecule has 0 aromatic carbocycles. The van der Waals surface area contributed by atoms with Crippen LogP contribution in [0.4, 0.5) is 0 Å². The van der Waals surface area contributed by atoms with E-state index in [0.717, 1.165) is 17.7 Å². The Morgan fingerprint density at radius 3 is 2.36 bits per heavy atom. The highest BCUT2D eigenvalue weighted by atomic mass is 16.7. The van der Waals surface area contributed by atoms with Crippen molar-refractivity contribution in [2.24, 2.45) is 0 Å². The first kappa shape index (κ1) is 16.5. The van der Waals surface area contributed by atoms with Gasteiger partial charge in [-0.2, -0.15) is 0 Å². The second-order valence-electron chi connectivity index (χ2n) is 8.00. The van der Waals surface area contributed by atoms with Crippen molar-refractivity contribution in [2.75, 3.05) is 0 Å². The molecule has 25 heavy (non-hydrogen) atoms. The van der Waals surface area contributed by atoms with Gasteiger partial charge in [0.15, 0.2) is 0 Å². The highest BCUT2D eigenvalue weighted by molar-refractivity contribution is 6.49. The average molecular weight is 338 g/mol. The van der Waals surface area contributed by atoms with Crippen molar-refractivity contribution in [2.45, 2.75) is 57.1 Å². The summed E-state index contributed by atoms with van der Waals surface area (Å²) in [6.07, 6.45) is 6.21. The molecule has 0 spiro atoms. The zero-order valence-corrected chi connectivity index (χ0v) is 15.1. The van der Waals surface area contributed by atoms with Gasteiger partial charge in [0.25, 0.3) is 5.56 Å². The summed E-state index contributed by atoms with van der Waals surface area (Å²) < 4.78 is 13.9. The van der Waals surface area contributed by atoms with Crippen molar-refractivity contribution >= 4 is 7.12 Å². The molecule has 0 bridgehead atoms. The van der Waals surface area contributed by atoms with E-state index < -0.39 is 0 Å². The molecule has 1 aliphatic heterocycles. The largest absolute Gasteiger partial charge is 0.461 e. The first-order valence-corrected chi connectivity index (χ1v) is 8.77. The van der Waals surface area contributed by atoms with Gasteiger partial charge in [-0.15, -0.1) is 0 Å². The SMILES string of the molecule is CC1(C)OB([C@H]2C[C@@H]2c2ccn(-c3ccncc3)c(=O)c2)OC1(C)C. The van der Waals surface area contributed by atoms with Crippen LogP contribution in [0.1, 0.15) is 45.6 Å². The van der Waals surface area contributed by atoms with E-state index in [9.17, 15) is 4.79 Å². The molecule has 2 fully saturated rings. The Morgan fingerprint density at radius 1 is 1.12 bits per heavy atom. The van der Waals surface area contributed by atoms with Crippen LogP contribution in [0.5, 0.6) is 0 Å². The first-order chi connectivity index (χ1) is 11.8. The molecule has 5 nitrogen and oxygen atoms in total. The van der Waals surface area contributed by atoms with E-state index in [4.69, 9.17) is 9.31 Å². The molecule has 0 amide bonds. The van der Waals surface area contributed by atoms with Gasteiger partial charge >= 0.3 is 7.12 Å².